The largest absolute Gasteiger partial charge is 0.382 e. The smallest absolute Gasteiger partial charge is 0.255 e. The number of anilines is 2. The number of amides is 1. The van der Waals surface area contributed by atoms with Crippen LogP contribution in [0.1, 0.15) is 23.7 Å². The lowest BCUT2D eigenvalue weighted by Gasteiger charge is -2.09. The van der Waals surface area contributed by atoms with Crippen molar-refractivity contribution in [3.63, 3.8) is 0 Å². The zero-order valence-electron chi connectivity index (χ0n) is 9.32. The van der Waals surface area contributed by atoms with E-state index in [1.807, 2.05) is 11.8 Å². The topological polar surface area (TPSA) is 94.0 Å². The minimum absolute atomic E-state index is 0.206. The zero-order chi connectivity index (χ0) is 12.1. The Hall–Kier alpha value is -0.950. The third kappa shape index (κ3) is 3.28. The molecule has 1 amide bonds. The summed E-state index contributed by atoms with van der Waals surface area (Å²) in [6, 6.07) is 0. The van der Waals surface area contributed by atoms with Gasteiger partial charge in [-0.25, -0.2) is 0 Å². The number of thioether (sulfide) groups is 1. The molecular formula is C9H16N4OS2. The van der Waals surface area contributed by atoms with Crippen LogP contribution >= 0.6 is 23.3 Å². The number of primary amides is 1. The second kappa shape index (κ2) is 5.95. The first kappa shape index (κ1) is 13.1. The number of nitrogens with zero attached hydrogens (tertiary/aromatic N) is 1. The Morgan fingerprint density at radius 3 is 2.94 bits per heavy atom. The molecule has 0 aliphatic carbocycles. The van der Waals surface area contributed by atoms with Crippen LogP contribution in [-0.2, 0) is 0 Å². The molecule has 1 rings (SSSR count). The Bertz CT molecular complexity index is 366. The van der Waals surface area contributed by atoms with Gasteiger partial charge in [-0.2, -0.15) is 16.1 Å². The van der Waals surface area contributed by atoms with Gasteiger partial charge in [0.15, 0.2) is 5.82 Å². The summed E-state index contributed by atoms with van der Waals surface area (Å²) in [4.78, 5) is 11.1. The van der Waals surface area contributed by atoms with Gasteiger partial charge in [0, 0.05) is 11.8 Å². The SMILES string of the molecule is CSC(C)CCNc1snc(N)c1C(N)=O. The van der Waals surface area contributed by atoms with Crippen LogP contribution in [0.2, 0.25) is 0 Å². The Morgan fingerprint density at radius 2 is 2.38 bits per heavy atom. The number of nitrogens with one attached hydrogen (secondary N) is 1. The molecule has 0 saturated carbocycles. The van der Waals surface area contributed by atoms with Crippen molar-refractivity contribution in [3.05, 3.63) is 5.56 Å². The van der Waals surface area contributed by atoms with Crippen molar-refractivity contribution < 1.29 is 4.79 Å². The van der Waals surface area contributed by atoms with Crippen LogP contribution in [0.25, 0.3) is 0 Å². The first-order chi connectivity index (χ1) is 7.56. The lowest BCUT2D eigenvalue weighted by atomic mass is 10.3. The Morgan fingerprint density at radius 1 is 1.69 bits per heavy atom. The van der Waals surface area contributed by atoms with Gasteiger partial charge < -0.3 is 16.8 Å². The Kier molecular flexibility index (Phi) is 4.88. The van der Waals surface area contributed by atoms with Gasteiger partial charge in [-0.1, -0.05) is 6.92 Å². The van der Waals surface area contributed by atoms with Crippen LogP contribution in [0, 0.1) is 0 Å². The van der Waals surface area contributed by atoms with Crippen molar-refractivity contribution >= 4 is 40.0 Å². The Labute approximate surface area is 103 Å². The van der Waals surface area contributed by atoms with E-state index in [-0.39, 0.29) is 5.82 Å². The summed E-state index contributed by atoms with van der Waals surface area (Å²) in [5.41, 5.74) is 11.1. The zero-order valence-corrected chi connectivity index (χ0v) is 11.0. The van der Waals surface area contributed by atoms with Crippen LogP contribution in [0.5, 0.6) is 0 Å². The Balaban J connectivity index is 2.57. The summed E-state index contributed by atoms with van der Waals surface area (Å²) in [7, 11) is 0. The van der Waals surface area contributed by atoms with Gasteiger partial charge in [-0.15, -0.1) is 0 Å². The van der Waals surface area contributed by atoms with E-state index in [9.17, 15) is 4.79 Å². The molecule has 0 spiro atoms. The highest BCUT2D eigenvalue weighted by Crippen LogP contribution is 2.26. The van der Waals surface area contributed by atoms with Crippen molar-refractivity contribution in [2.45, 2.75) is 18.6 Å². The van der Waals surface area contributed by atoms with E-state index in [1.54, 1.807) is 0 Å². The molecule has 1 atom stereocenters. The minimum atomic E-state index is -0.535. The maximum atomic E-state index is 11.1. The van der Waals surface area contributed by atoms with Crippen molar-refractivity contribution in [2.24, 2.45) is 5.73 Å². The highest BCUT2D eigenvalue weighted by atomic mass is 32.2. The van der Waals surface area contributed by atoms with E-state index in [0.717, 1.165) is 13.0 Å². The number of hydrogen-bond donors (Lipinski definition) is 3. The predicted molar refractivity (Wildman–Crippen MR) is 71.1 cm³/mol. The number of rotatable bonds is 6. The summed E-state index contributed by atoms with van der Waals surface area (Å²) in [6.07, 6.45) is 3.08. The van der Waals surface area contributed by atoms with Crippen molar-refractivity contribution in [1.82, 2.24) is 4.37 Å². The quantitative estimate of drug-likeness (QED) is 0.718. The fourth-order valence-electron chi connectivity index (χ4n) is 1.17. The number of hydrogen-bond acceptors (Lipinski definition) is 6. The van der Waals surface area contributed by atoms with Gasteiger partial charge in [0.25, 0.3) is 5.91 Å². The second-order valence-corrected chi connectivity index (χ2v) is 5.45. The lowest BCUT2D eigenvalue weighted by molar-refractivity contribution is 0.100. The normalized spacial score (nSPS) is 12.4. The molecule has 0 radical (unpaired) electrons. The summed E-state index contributed by atoms with van der Waals surface area (Å²) in [6.45, 7) is 2.94. The fourth-order valence-corrected chi connectivity index (χ4v) is 2.27. The standard InChI is InChI=1S/C9H16N4OS2/c1-5(15-2)3-4-12-9-6(8(11)14)7(10)13-16-9/h5,12H,3-4H2,1-2H3,(H2,10,13)(H2,11,14). The number of nitrogens with two attached hydrogens (primary N) is 2. The highest BCUT2D eigenvalue weighted by Gasteiger charge is 2.16. The molecular weight excluding hydrogens is 244 g/mol. The van der Waals surface area contributed by atoms with E-state index in [1.165, 1.54) is 11.5 Å². The average Bonchev–Trinajstić information content (AvgIpc) is 2.59. The highest BCUT2D eigenvalue weighted by molar-refractivity contribution is 7.99. The van der Waals surface area contributed by atoms with Gasteiger partial charge in [0.2, 0.25) is 0 Å². The van der Waals surface area contributed by atoms with E-state index >= 15 is 0 Å². The first-order valence-corrected chi connectivity index (χ1v) is 6.94. The predicted octanol–water partition coefficient (Wildman–Crippen LogP) is 1.38. The van der Waals surface area contributed by atoms with E-state index in [0.29, 0.717) is 15.8 Å². The van der Waals surface area contributed by atoms with Crippen LogP contribution in [0.3, 0.4) is 0 Å². The van der Waals surface area contributed by atoms with Crippen LogP contribution in [0.4, 0.5) is 10.8 Å². The second-order valence-electron chi connectivity index (χ2n) is 3.40. The molecule has 0 aliphatic rings. The summed E-state index contributed by atoms with van der Waals surface area (Å²) in [5.74, 6) is -0.329. The van der Waals surface area contributed by atoms with Gasteiger partial charge in [0.05, 0.1) is 0 Å². The molecule has 1 heterocycles. The van der Waals surface area contributed by atoms with Crippen LogP contribution in [0.15, 0.2) is 0 Å². The minimum Gasteiger partial charge on any atom is -0.382 e. The summed E-state index contributed by atoms with van der Waals surface area (Å²) >= 11 is 2.98. The van der Waals surface area contributed by atoms with E-state index in [2.05, 4.69) is 22.9 Å². The molecule has 1 unspecified atom stereocenters. The third-order valence-corrected chi connectivity index (χ3v) is 4.06. The van der Waals surface area contributed by atoms with Crippen molar-refractivity contribution in [3.8, 4) is 0 Å². The third-order valence-electron chi connectivity index (χ3n) is 2.20. The van der Waals surface area contributed by atoms with Gasteiger partial charge in [0.1, 0.15) is 10.6 Å². The number of carbonyl (C=O) groups excluding carboxylic acids is 1. The molecule has 7 heteroatoms. The number of aromatic nitrogens is 1. The summed E-state index contributed by atoms with van der Waals surface area (Å²) < 4.78 is 3.91. The maximum absolute atomic E-state index is 11.1. The van der Waals surface area contributed by atoms with Crippen LogP contribution < -0.4 is 16.8 Å². The molecule has 1 aromatic rings. The molecule has 0 saturated heterocycles. The molecule has 0 aliphatic heterocycles. The molecule has 0 fully saturated rings. The first-order valence-electron chi connectivity index (χ1n) is 4.87. The molecule has 1 aromatic heterocycles. The van der Waals surface area contributed by atoms with Gasteiger partial charge in [-0.05, 0) is 24.2 Å². The molecule has 5 nitrogen and oxygen atoms in total. The van der Waals surface area contributed by atoms with Crippen LogP contribution in [-0.4, -0.2) is 28.3 Å². The molecule has 90 valence electrons. The van der Waals surface area contributed by atoms with E-state index < -0.39 is 5.91 Å². The van der Waals surface area contributed by atoms with E-state index in [4.69, 9.17) is 11.5 Å². The number of nitrogen functional groups attached to an aromatic ring is 1. The molecule has 16 heavy (non-hydrogen) atoms. The molecule has 0 bridgehead atoms. The van der Waals surface area contributed by atoms with Crippen molar-refractivity contribution in [2.75, 3.05) is 23.9 Å². The molecule has 0 aromatic carbocycles. The van der Waals surface area contributed by atoms with Gasteiger partial charge >= 0.3 is 0 Å². The molecule has 5 N–H and O–H groups in total. The maximum Gasteiger partial charge on any atom is 0.255 e. The number of carbonyl (C=O) groups is 1. The summed E-state index contributed by atoms with van der Waals surface area (Å²) in [5, 5.41) is 4.39. The van der Waals surface area contributed by atoms with Crippen molar-refractivity contribution in [1.29, 1.82) is 0 Å². The average molecular weight is 260 g/mol. The lowest BCUT2D eigenvalue weighted by Crippen LogP contribution is -2.15. The monoisotopic (exact) mass is 260 g/mol. The van der Waals surface area contributed by atoms with Gasteiger partial charge in [-0.3, -0.25) is 4.79 Å². The fraction of sp³-hybridized carbons (Fsp3) is 0.556.